The molecule has 1 amide bonds. The molecule has 19 heteroatoms. The van der Waals surface area contributed by atoms with E-state index in [1.807, 2.05) is 44.7 Å². The molecule has 454 valence electrons. The van der Waals surface area contributed by atoms with E-state index in [0.29, 0.717) is 51.5 Å². The van der Waals surface area contributed by atoms with Gasteiger partial charge in [0.1, 0.15) is 41.4 Å². The molecule has 79 heavy (non-hydrogen) atoms. The zero-order chi connectivity index (χ0) is 58.7. The highest BCUT2D eigenvalue weighted by Crippen LogP contribution is 2.67. The summed E-state index contributed by atoms with van der Waals surface area (Å²) < 4.78 is 38.3. The summed E-state index contributed by atoms with van der Waals surface area (Å²) in [6, 6.07) is -1.10. The predicted octanol–water partition coefficient (Wildman–Crippen LogP) is 4.01. The lowest BCUT2D eigenvalue weighted by molar-refractivity contribution is -0.318. The van der Waals surface area contributed by atoms with E-state index in [1.165, 1.54) is 14.0 Å². The standard InChI is InChI=1S/C60H103N3O16/c1-16-44-59(12,72)49(67)36(6)63(25-17-24-61-54(70)60(73)23-21-41-40-19-18-38-27-39(64)20-22-55(38,8)46(40)43(65)29-56(41,60)9)31-32(2)28-57(10,71)51(79-53-47(66)42(62(13)14)26-33(3)75-53)34(4)48(35(5)52(69)77-44)78-45-30-58(11,74-15)50(68)37(7)76-45/h18,32-37,40-51,53,65-68,71-73H,16-17,19-31H2,1-15H3,(H,61,70)/t32-,33-,34+,35-,36-,37?,40?,41?,42-,43+,44-,45-,46?,47-,48+,49-,50-,51-,53+,55+,56+,57-,58+,59-,60+/m1/s1. The lowest BCUT2D eigenvalue weighted by Crippen LogP contribution is -2.63. The predicted molar refractivity (Wildman–Crippen MR) is 294 cm³/mol. The molecule has 0 aromatic heterocycles. The molecule has 0 bridgehead atoms. The summed E-state index contributed by atoms with van der Waals surface area (Å²) in [5.41, 5.74) is -6.57. The molecule has 8 N–H and O–H groups in total. The summed E-state index contributed by atoms with van der Waals surface area (Å²) in [7, 11) is 5.24. The minimum Gasteiger partial charge on any atom is -0.459 e. The van der Waals surface area contributed by atoms with Gasteiger partial charge in [-0.1, -0.05) is 46.3 Å². The topological polar surface area (TPSA) is 267 Å². The van der Waals surface area contributed by atoms with Gasteiger partial charge in [-0.3, -0.25) is 19.3 Å². The summed E-state index contributed by atoms with van der Waals surface area (Å²) in [4.78, 5) is 45.6. The molecular formula is C60H103N3O16. The second kappa shape index (κ2) is 24.4. The third kappa shape index (κ3) is 12.4. The van der Waals surface area contributed by atoms with Crippen molar-refractivity contribution in [2.45, 2.75) is 262 Å². The molecule has 4 unspecified atom stereocenters. The van der Waals surface area contributed by atoms with Gasteiger partial charge in [0.05, 0.1) is 47.6 Å². The molecule has 0 spiro atoms. The number of Topliss-reactive ketones (excluding diaryl/α,β-unsaturated/α-hetero) is 1. The zero-order valence-corrected chi connectivity index (χ0v) is 50.4. The first-order valence-electron chi connectivity index (χ1n) is 29.9. The van der Waals surface area contributed by atoms with Crippen LogP contribution in [0.3, 0.4) is 0 Å². The van der Waals surface area contributed by atoms with Crippen molar-refractivity contribution in [1.82, 2.24) is 15.1 Å². The molecule has 25 atom stereocenters. The lowest BCUT2D eigenvalue weighted by atomic mass is 9.46. The lowest BCUT2D eigenvalue weighted by Gasteiger charge is -2.59. The average molecular weight is 1120 g/mol. The molecule has 3 aliphatic heterocycles. The highest BCUT2D eigenvalue weighted by atomic mass is 16.7. The average Bonchev–Trinajstić information content (AvgIpc) is 3.96. The van der Waals surface area contributed by atoms with E-state index in [2.05, 4.69) is 18.3 Å². The van der Waals surface area contributed by atoms with E-state index < -0.39 is 119 Å². The number of hydrogen-bond acceptors (Lipinski definition) is 18. The fourth-order valence-corrected chi connectivity index (χ4v) is 16.5. The molecule has 3 heterocycles. The third-order valence-corrected chi connectivity index (χ3v) is 21.3. The number of carbonyl (C=O) groups excluding carboxylic acids is 3. The molecule has 3 saturated heterocycles. The van der Waals surface area contributed by atoms with Crippen molar-refractivity contribution in [3.63, 3.8) is 0 Å². The zero-order valence-electron chi connectivity index (χ0n) is 50.4. The Kier molecular flexibility index (Phi) is 19.9. The largest absolute Gasteiger partial charge is 0.459 e. The van der Waals surface area contributed by atoms with Gasteiger partial charge >= 0.3 is 5.97 Å². The summed E-state index contributed by atoms with van der Waals surface area (Å²) in [5.74, 6) is -3.29. The van der Waals surface area contributed by atoms with Gasteiger partial charge in [-0.05, 0) is 149 Å². The molecule has 7 aliphatic rings. The van der Waals surface area contributed by atoms with Crippen molar-refractivity contribution in [1.29, 1.82) is 0 Å². The maximum atomic E-state index is 14.7. The highest BCUT2D eigenvalue weighted by molar-refractivity contribution is 5.86. The number of aliphatic hydroxyl groups excluding tert-OH is 4. The highest BCUT2D eigenvalue weighted by Gasteiger charge is 2.68. The van der Waals surface area contributed by atoms with Crippen LogP contribution < -0.4 is 5.32 Å². The maximum absolute atomic E-state index is 14.7. The number of nitrogens with zero attached hydrogens (tertiary/aromatic N) is 2. The van der Waals surface area contributed by atoms with Crippen molar-refractivity contribution in [3.8, 4) is 0 Å². The summed E-state index contributed by atoms with van der Waals surface area (Å²) >= 11 is 0. The normalized spacial score (nSPS) is 49.6. The van der Waals surface area contributed by atoms with Crippen LogP contribution >= 0.6 is 0 Å². The molecule has 19 nitrogen and oxygen atoms in total. The van der Waals surface area contributed by atoms with E-state index in [1.54, 1.807) is 48.5 Å². The van der Waals surface area contributed by atoms with Gasteiger partial charge < -0.3 is 74.4 Å². The van der Waals surface area contributed by atoms with Gasteiger partial charge in [0.15, 0.2) is 12.6 Å². The van der Waals surface area contributed by atoms with E-state index in [0.717, 1.165) is 5.57 Å². The van der Waals surface area contributed by atoms with Crippen LogP contribution in [0.2, 0.25) is 0 Å². The molecular weight excluding hydrogens is 1020 g/mol. The Labute approximate surface area is 470 Å². The Bertz CT molecular complexity index is 2160. The quantitative estimate of drug-likeness (QED) is 0.0780. The molecule has 0 aromatic rings. The van der Waals surface area contributed by atoms with E-state index in [9.17, 15) is 50.1 Å². The first-order valence-corrected chi connectivity index (χ1v) is 29.9. The number of methoxy groups -OCH3 is 1. The summed E-state index contributed by atoms with van der Waals surface area (Å²) in [6.45, 7) is 22.3. The number of aliphatic hydroxyl groups is 7. The van der Waals surface area contributed by atoms with Crippen molar-refractivity contribution >= 4 is 17.7 Å². The fraction of sp³-hybridized carbons (Fsp3) is 0.917. The minimum atomic E-state index is -1.98. The van der Waals surface area contributed by atoms with Crippen molar-refractivity contribution in [2.75, 3.05) is 40.8 Å². The molecule has 4 aliphatic carbocycles. The van der Waals surface area contributed by atoms with Crippen LogP contribution in [0.15, 0.2) is 11.6 Å². The van der Waals surface area contributed by atoms with Crippen LogP contribution in [0.4, 0.5) is 0 Å². The van der Waals surface area contributed by atoms with Crippen LogP contribution in [0.1, 0.15) is 160 Å². The third-order valence-electron chi connectivity index (χ3n) is 21.3. The molecule has 6 fully saturated rings. The Morgan fingerprint density at radius 3 is 2.24 bits per heavy atom. The first kappa shape index (κ1) is 64.4. The number of amides is 1. The number of cyclic esters (lactones) is 1. The number of rotatable bonds is 12. The number of allylic oxidation sites excluding steroid dienone is 2. The number of fused-ring (bicyclic) bond motifs is 5. The second-order valence-electron chi connectivity index (χ2n) is 27.3. The Morgan fingerprint density at radius 1 is 0.911 bits per heavy atom. The van der Waals surface area contributed by atoms with Crippen LogP contribution in [0.5, 0.6) is 0 Å². The van der Waals surface area contributed by atoms with Crippen molar-refractivity contribution < 1.29 is 78.6 Å². The number of ketones is 1. The summed E-state index contributed by atoms with van der Waals surface area (Å²) in [5, 5.41) is 88.3. The van der Waals surface area contributed by atoms with Crippen LogP contribution in [0.25, 0.3) is 0 Å². The molecule has 0 aromatic carbocycles. The van der Waals surface area contributed by atoms with Gasteiger partial charge in [-0.2, -0.15) is 0 Å². The van der Waals surface area contributed by atoms with Crippen molar-refractivity contribution in [2.24, 2.45) is 46.3 Å². The second-order valence-corrected chi connectivity index (χ2v) is 27.3. The van der Waals surface area contributed by atoms with Gasteiger partial charge in [0.2, 0.25) is 0 Å². The fourth-order valence-electron chi connectivity index (χ4n) is 16.5. The van der Waals surface area contributed by atoms with Gasteiger partial charge in [0.25, 0.3) is 5.91 Å². The molecule has 3 saturated carbocycles. The van der Waals surface area contributed by atoms with Crippen LogP contribution in [0, 0.1) is 46.3 Å². The smallest absolute Gasteiger partial charge is 0.311 e. The number of likely N-dealkylation sites (N-methyl/N-ethyl adjacent to an activating group) is 1. The molecule has 0 radical (unpaired) electrons. The van der Waals surface area contributed by atoms with Gasteiger partial charge in [-0.15, -0.1) is 0 Å². The van der Waals surface area contributed by atoms with Gasteiger partial charge in [-0.25, -0.2) is 0 Å². The monoisotopic (exact) mass is 1120 g/mol. The van der Waals surface area contributed by atoms with E-state index in [4.69, 9.17) is 28.4 Å². The van der Waals surface area contributed by atoms with Crippen LogP contribution in [-0.4, -0.2) is 206 Å². The number of carbonyl (C=O) groups is 3. The SMILES string of the molecule is CC[C@H]1OC(=O)[C@H](C)[C@@H](O[C@@H]2C[C@](C)(OC)[C@H](O)C(C)O2)[C@H](C)[C@@H](O[C@@H]2O[C@H](C)C[C@@H](N(C)C)[C@H]2O)[C@](C)(O)C[C@@H](C)CN(CCCNC(=O)[C@@]2(O)CCC3C4CC=C5CC(=O)CC[C@]5(C)C4[C@@H](O)C[C@@]32C)[C@H](C)[C@@H](O)[C@]1(C)O. The van der Waals surface area contributed by atoms with Crippen LogP contribution in [-0.2, 0) is 42.8 Å². The Morgan fingerprint density at radius 2 is 1.59 bits per heavy atom. The maximum Gasteiger partial charge on any atom is 0.311 e. The van der Waals surface area contributed by atoms with Gasteiger partial charge in [0, 0.05) is 69.4 Å². The molecule has 7 rings (SSSR count). The van der Waals surface area contributed by atoms with Crippen molar-refractivity contribution in [3.05, 3.63) is 11.6 Å². The first-order chi connectivity index (χ1) is 36.7. The number of hydrogen-bond donors (Lipinski definition) is 8. The number of nitrogens with one attached hydrogen (secondary N) is 1. The summed E-state index contributed by atoms with van der Waals surface area (Å²) in [6.07, 6.45) is -4.20. The van der Waals surface area contributed by atoms with E-state index >= 15 is 0 Å². The Balaban J connectivity index is 1.15. The Hall–Kier alpha value is -2.21. The number of esters is 1. The minimum absolute atomic E-state index is 0.00515. The van der Waals surface area contributed by atoms with E-state index in [-0.39, 0.29) is 92.2 Å². The number of ether oxygens (including phenoxy) is 6.